The number of hydrogen-bond acceptors (Lipinski definition) is 6. The first-order valence-corrected chi connectivity index (χ1v) is 13.5. The van der Waals surface area contributed by atoms with E-state index in [2.05, 4.69) is 46.3 Å². The zero-order valence-corrected chi connectivity index (χ0v) is 23.0. The molecule has 0 saturated heterocycles. The molecule has 0 bridgehead atoms. The molecule has 1 aliphatic carbocycles. The molecule has 1 N–H and O–H groups in total. The molecule has 1 unspecified atom stereocenters. The van der Waals surface area contributed by atoms with Crippen LogP contribution in [-0.2, 0) is 11.3 Å². The smallest absolute Gasteiger partial charge is 0.257 e. The third-order valence-corrected chi connectivity index (χ3v) is 7.65. The highest BCUT2D eigenvalue weighted by molar-refractivity contribution is 6.01. The molecule has 2 atom stereocenters. The standard InChI is InChI=1S/C30H32FN7O2/c1-18(2)37-17-23(21-12-20(31)14-32-28(21)37)25-13-27(36(3)16-19-8-6-5-7-9-19)38-29(34-25)22(15-33-38)30(39)35-24-10-11-26(24)40-4/h5-9,12-15,17-18,24,26H,10-11,16H2,1-4H3,(H,35,39)/t24?,26-/m0/s1. The fraction of sp³-hybridized carbons (Fsp3) is 0.333. The summed E-state index contributed by atoms with van der Waals surface area (Å²) < 4.78 is 23.6. The topological polar surface area (TPSA) is 89.6 Å². The van der Waals surface area contributed by atoms with Gasteiger partial charge in [-0.15, -0.1) is 0 Å². The maximum absolute atomic E-state index is 14.4. The molecule has 0 aliphatic heterocycles. The lowest BCUT2D eigenvalue weighted by Crippen LogP contribution is -2.51. The van der Waals surface area contributed by atoms with E-state index >= 15 is 0 Å². The van der Waals surface area contributed by atoms with Crippen LogP contribution in [0.25, 0.3) is 27.9 Å². The summed E-state index contributed by atoms with van der Waals surface area (Å²) in [5, 5.41) is 8.32. The van der Waals surface area contributed by atoms with E-state index in [1.165, 1.54) is 12.3 Å². The van der Waals surface area contributed by atoms with Crippen LogP contribution in [0.2, 0.25) is 0 Å². The predicted molar refractivity (Wildman–Crippen MR) is 152 cm³/mol. The monoisotopic (exact) mass is 541 g/mol. The van der Waals surface area contributed by atoms with Crippen molar-refractivity contribution >= 4 is 28.4 Å². The van der Waals surface area contributed by atoms with Crippen molar-refractivity contribution in [2.75, 3.05) is 19.1 Å². The average Bonchev–Trinajstić information content (AvgIpc) is 3.53. The van der Waals surface area contributed by atoms with Crippen molar-refractivity contribution in [3.05, 3.63) is 78.0 Å². The van der Waals surface area contributed by atoms with Crippen molar-refractivity contribution < 1.29 is 13.9 Å². The number of amides is 1. The summed E-state index contributed by atoms with van der Waals surface area (Å²) in [5.74, 6) is 0.0758. The third kappa shape index (κ3) is 4.58. The molecule has 6 rings (SSSR count). The minimum absolute atomic E-state index is 0.00596. The van der Waals surface area contributed by atoms with E-state index in [1.807, 2.05) is 42.1 Å². The van der Waals surface area contributed by atoms with Gasteiger partial charge in [-0.1, -0.05) is 30.3 Å². The van der Waals surface area contributed by atoms with Crippen LogP contribution < -0.4 is 10.2 Å². The van der Waals surface area contributed by atoms with Gasteiger partial charge >= 0.3 is 0 Å². The Kier molecular flexibility index (Phi) is 6.71. The number of halogens is 1. The molecular weight excluding hydrogens is 509 g/mol. The first-order valence-electron chi connectivity index (χ1n) is 13.5. The fourth-order valence-corrected chi connectivity index (χ4v) is 5.32. The summed E-state index contributed by atoms with van der Waals surface area (Å²) in [7, 11) is 3.63. The highest BCUT2D eigenvalue weighted by atomic mass is 19.1. The van der Waals surface area contributed by atoms with Gasteiger partial charge in [0, 0.05) is 50.0 Å². The summed E-state index contributed by atoms with van der Waals surface area (Å²) in [5.41, 5.74) is 3.93. The van der Waals surface area contributed by atoms with Crippen molar-refractivity contribution in [3.8, 4) is 11.3 Å². The lowest BCUT2D eigenvalue weighted by atomic mass is 9.89. The number of hydrogen-bond donors (Lipinski definition) is 1. The molecule has 10 heteroatoms. The van der Waals surface area contributed by atoms with Crippen LogP contribution in [-0.4, -0.2) is 56.4 Å². The van der Waals surface area contributed by atoms with Crippen LogP contribution in [0.4, 0.5) is 10.2 Å². The zero-order chi connectivity index (χ0) is 28.0. The minimum atomic E-state index is -0.421. The quantitative estimate of drug-likeness (QED) is 0.297. The van der Waals surface area contributed by atoms with E-state index in [4.69, 9.17) is 9.72 Å². The predicted octanol–water partition coefficient (Wildman–Crippen LogP) is 5.01. The molecule has 4 heterocycles. The Bertz CT molecular complexity index is 1690. The van der Waals surface area contributed by atoms with Gasteiger partial charge in [0.05, 0.1) is 30.2 Å². The summed E-state index contributed by atoms with van der Waals surface area (Å²) in [6.45, 7) is 4.72. The number of fused-ring (bicyclic) bond motifs is 2. The summed E-state index contributed by atoms with van der Waals surface area (Å²) in [6, 6.07) is 13.6. The van der Waals surface area contributed by atoms with Gasteiger partial charge in [-0.25, -0.2) is 14.4 Å². The molecule has 0 spiro atoms. The van der Waals surface area contributed by atoms with Crippen LogP contribution in [0.5, 0.6) is 0 Å². The Morgan fingerprint density at radius 1 is 1.18 bits per heavy atom. The molecule has 1 amide bonds. The number of nitrogens with zero attached hydrogens (tertiary/aromatic N) is 6. The van der Waals surface area contributed by atoms with Crippen molar-refractivity contribution in [3.63, 3.8) is 0 Å². The molecule has 0 radical (unpaired) electrons. The lowest BCUT2D eigenvalue weighted by Gasteiger charge is -2.35. The van der Waals surface area contributed by atoms with Gasteiger partial charge in [0.15, 0.2) is 5.65 Å². The maximum Gasteiger partial charge on any atom is 0.257 e. The van der Waals surface area contributed by atoms with Crippen LogP contribution in [0, 0.1) is 5.82 Å². The number of pyridine rings is 1. The summed E-state index contributed by atoms with van der Waals surface area (Å²) in [4.78, 5) is 24.8. The molecule has 5 aromatic rings. The van der Waals surface area contributed by atoms with Crippen LogP contribution in [0.15, 0.2) is 61.1 Å². The van der Waals surface area contributed by atoms with E-state index in [9.17, 15) is 9.18 Å². The van der Waals surface area contributed by atoms with Crippen LogP contribution in [0.1, 0.15) is 48.7 Å². The Morgan fingerprint density at radius 2 is 1.98 bits per heavy atom. The number of nitrogens with one attached hydrogen (secondary N) is 1. The van der Waals surface area contributed by atoms with E-state index in [0.717, 1.165) is 29.8 Å². The summed E-state index contributed by atoms with van der Waals surface area (Å²) >= 11 is 0. The number of aromatic nitrogens is 5. The van der Waals surface area contributed by atoms with E-state index in [-0.39, 0.29) is 24.1 Å². The molecule has 4 aromatic heterocycles. The second kappa shape index (κ2) is 10.3. The molecule has 1 aliphatic rings. The van der Waals surface area contributed by atoms with Crippen LogP contribution >= 0.6 is 0 Å². The van der Waals surface area contributed by atoms with Crippen molar-refractivity contribution in [2.45, 2.75) is 51.4 Å². The van der Waals surface area contributed by atoms with Gasteiger partial charge in [-0.05, 0) is 38.3 Å². The number of ether oxygens (including phenoxy) is 1. The van der Waals surface area contributed by atoms with Crippen molar-refractivity contribution in [2.24, 2.45) is 0 Å². The third-order valence-electron chi connectivity index (χ3n) is 7.65. The number of benzene rings is 1. The van der Waals surface area contributed by atoms with Gasteiger partial charge in [0.1, 0.15) is 22.8 Å². The largest absolute Gasteiger partial charge is 0.379 e. The Morgan fingerprint density at radius 3 is 2.67 bits per heavy atom. The van der Waals surface area contributed by atoms with Gasteiger partial charge in [0.2, 0.25) is 0 Å². The second-order valence-electron chi connectivity index (χ2n) is 10.6. The van der Waals surface area contributed by atoms with E-state index < -0.39 is 5.82 Å². The molecule has 1 fully saturated rings. The highest BCUT2D eigenvalue weighted by Crippen LogP contribution is 2.34. The van der Waals surface area contributed by atoms with Crippen molar-refractivity contribution in [1.82, 2.24) is 29.5 Å². The lowest BCUT2D eigenvalue weighted by molar-refractivity contribution is 0.00732. The van der Waals surface area contributed by atoms with E-state index in [0.29, 0.717) is 34.5 Å². The van der Waals surface area contributed by atoms with Gasteiger partial charge in [0.25, 0.3) is 5.91 Å². The van der Waals surface area contributed by atoms with Gasteiger partial charge in [-0.2, -0.15) is 9.61 Å². The minimum Gasteiger partial charge on any atom is -0.379 e. The summed E-state index contributed by atoms with van der Waals surface area (Å²) in [6.07, 6.45) is 6.52. The first-order chi connectivity index (χ1) is 19.3. The average molecular weight is 542 g/mol. The molecular formula is C30H32FN7O2. The Labute approximate surface area is 231 Å². The van der Waals surface area contributed by atoms with Gasteiger partial charge in [-0.3, -0.25) is 4.79 Å². The second-order valence-corrected chi connectivity index (χ2v) is 10.6. The number of rotatable bonds is 8. The first kappa shape index (κ1) is 25.9. The zero-order valence-electron chi connectivity index (χ0n) is 23.0. The molecule has 40 heavy (non-hydrogen) atoms. The van der Waals surface area contributed by atoms with Crippen molar-refractivity contribution in [1.29, 1.82) is 0 Å². The van der Waals surface area contributed by atoms with E-state index in [1.54, 1.807) is 17.8 Å². The van der Waals surface area contributed by atoms with Gasteiger partial charge < -0.3 is 19.5 Å². The molecule has 206 valence electrons. The SMILES string of the molecule is CO[C@H]1CCC1NC(=O)c1cnn2c(N(C)Cc3ccccc3)cc(-c3cn(C(C)C)c4ncc(F)cc34)nc12. The Balaban J connectivity index is 1.50. The number of anilines is 1. The molecule has 1 aromatic carbocycles. The maximum atomic E-state index is 14.4. The van der Waals surface area contributed by atoms with Crippen LogP contribution in [0.3, 0.4) is 0 Å². The highest BCUT2D eigenvalue weighted by Gasteiger charge is 2.33. The number of carbonyl (C=O) groups is 1. The number of carbonyl (C=O) groups excluding carboxylic acids is 1. The fourth-order valence-electron chi connectivity index (χ4n) is 5.32. The Hall–Kier alpha value is -4.31. The normalized spacial score (nSPS) is 16.9. The number of methoxy groups -OCH3 is 1. The molecule has 9 nitrogen and oxygen atoms in total. The molecule has 1 saturated carbocycles.